The Morgan fingerprint density at radius 1 is 1.21 bits per heavy atom. The Labute approximate surface area is 196 Å². The zero-order valence-corrected chi connectivity index (χ0v) is 18.9. The minimum atomic E-state index is -0.495. The molecule has 0 aliphatic carbocycles. The van der Waals surface area contributed by atoms with E-state index in [2.05, 4.69) is 20.9 Å². The summed E-state index contributed by atoms with van der Waals surface area (Å²) < 4.78 is 26.0. The normalized spacial score (nSPS) is 20.0. The number of aliphatic hydroxyl groups is 1. The maximum absolute atomic E-state index is 13.1. The minimum absolute atomic E-state index is 0.0710. The van der Waals surface area contributed by atoms with E-state index in [0.29, 0.717) is 36.5 Å². The van der Waals surface area contributed by atoms with Gasteiger partial charge >= 0.3 is 6.03 Å². The molecule has 1 saturated heterocycles. The van der Waals surface area contributed by atoms with Crippen molar-refractivity contribution in [1.82, 2.24) is 20.3 Å². The summed E-state index contributed by atoms with van der Waals surface area (Å²) in [5.41, 5.74) is 2.11. The fraction of sp³-hybridized carbons (Fsp3) is 0.375. The molecule has 34 heavy (non-hydrogen) atoms. The first-order chi connectivity index (χ1) is 16.5. The maximum atomic E-state index is 13.1. The van der Waals surface area contributed by atoms with Gasteiger partial charge in [0.2, 0.25) is 0 Å². The van der Waals surface area contributed by atoms with Gasteiger partial charge in [-0.05, 0) is 67.8 Å². The second kappa shape index (κ2) is 11.1. The first kappa shape index (κ1) is 23.7. The van der Waals surface area contributed by atoms with E-state index in [1.807, 2.05) is 6.20 Å². The third-order valence-electron chi connectivity index (χ3n) is 5.82. The van der Waals surface area contributed by atoms with Crippen molar-refractivity contribution in [3.8, 4) is 17.0 Å². The summed E-state index contributed by atoms with van der Waals surface area (Å²) in [5.74, 6) is 0.408. The number of ether oxygens (including phenoxy) is 2. The van der Waals surface area contributed by atoms with E-state index in [-0.39, 0.29) is 30.6 Å². The molecule has 3 N–H and O–H groups in total. The molecule has 0 saturated carbocycles. The Morgan fingerprint density at radius 2 is 1.97 bits per heavy atom. The number of benzene rings is 2. The zero-order chi connectivity index (χ0) is 23.9. The van der Waals surface area contributed by atoms with Crippen molar-refractivity contribution in [2.24, 2.45) is 0 Å². The molecule has 1 aliphatic heterocycles. The number of hydrogen-bond acceptors (Lipinski definition) is 6. The van der Waals surface area contributed by atoms with Crippen LogP contribution in [0.25, 0.3) is 11.3 Å². The first-order valence-electron chi connectivity index (χ1n) is 11.2. The van der Waals surface area contributed by atoms with E-state index >= 15 is 0 Å². The molecule has 0 unspecified atom stereocenters. The molecular weight excluding hydrogens is 441 g/mol. The van der Waals surface area contributed by atoms with Gasteiger partial charge in [0.25, 0.3) is 0 Å². The summed E-state index contributed by atoms with van der Waals surface area (Å²) in [6.45, 7) is 0.398. The number of hydrogen-bond donors (Lipinski definition) is 3. The molecule has 9 nitrogen and oxygen atoms in total. The third-order valence-corrected chi connectivity index (χ3v) is 5.82. The zero-order valence-electron chi connectivity index (χ0n) is 18.9. The SMILES string of the molecule is COc1ccc(NC(=O)N[C@H]2CC[C@H](CCn3cc(-c4ccc(F)cc4)nn3)O[C@@H]2CO)cc1. The van der Waals surface area contributed by atoms with Gasteiger partial charge in [0, 0.05) is 17.8 Å². The van der Waals surface area contributed by atoms with E-state index in [1.54, 1.807) is 48.2 Å². The summed E-state index contributed by atoms with van der Waals surface area (Å²) in [5, 5.41) is 23.8. The highest BCUT2D eigenvalue weighted by Gasteiger charge is 2.31. The standard InChI is InChI=1S/C24H28FN5O4/c1-33-19-8-6-18(7-9-19)26-24(32)27-21-11-10-20(34-23(21)15-31)12-13-30-14-22(28-29-30)16-2-4-17(25)5-3-16/h2-9,14,20-21,23,31H,10-13,15H2,1H3,(H2,26,27,32)/t20-,21+,23-/m1/s1. The number of halogens is 1. The molecule has 180 valence electrons. The van der Waals surface area contributed by atoms with Crippen LogP contribution < -0.4 is 15.4 Å². The number of carbonyl (C=O) groups excluding carboxylic acids is 1. The number of methoxy groups -OCH3 is 1. The summed E-state index contributed by atoms with van der Waals surface area (Å²) >= 11 is 0. The number of aryl methyl sites for hydroxylation is 1. The number of urea groups is 1. The lowest BCUT2D eigenvalue weighted by molar-refractivity contribution is -0.0905. The Hall–Kier alpha value is -3.50. The fourth-order valence-corrected chi connectivity index (χ4v) is 3.96. The van der Waals surface area contributed by atoms with Crippen molar-refractivity contribution in [1.29, 1.82) is 0 Å². The van der Waals surface area contributed by atoms with Gasteiger partial charge in [-0.1, -0.05) is 5.21 Å². The van der Waals surface area contributed by atoms with E-state index < -0.39 is 6.10 Å². The van der Waals surface area contributed by atoms with E-state index in [1.165, 1.54) is 12.1 Å². The number of carbonyl (C=O) groups is 1. The molecule has 0 radical (unpaired) electrons. The highest BCUT2D eigenvalue weighted by molar-refractivity contribution is 5.89. The quantitative estimate of drug-likeness (QED) is 0.467. The number of rotatable bonds is 8. The summed E-state index contributed by atoms with van der Waals surface area (Å²) in [6.07, 6.45) is 3.36. The molecule has 4 rings (SSSR count). The van der Waals surface area contributed by atoms with Crippen molar-refractivity contribution in [2.75, 3.05) is 19.0 Å². The van der Waals surface area contributed by atoms with Crippen LogP contribution in [0.5, 0.6) is 5.75 Å². The van der Waals surface area contributed by atoms with Crippen LogP contribution in [0.1, 0.15) is 19.3 Å². The van der Waals surface area contributed by atoms with Crippen LogP contribution in [0.15, 0.2) is 54.7 Å². The van der Waals surface area contributed by atoms with Gasteiger partial charge in [-0.15, -0.1) is 5.10 Å². The molecular formula is C24H28FN5O4. The highest BCUT2D eigenvalue weighted by atomic mass is 19.1. The second-order valence-corrected chi connectivity index (χ2v) is 8.15. The van der Waals surface area contributed by atoms with Crippen molar-refractivity contribution in [3.05, 3.63) is 60.5 Å². The smallest absolute Gasteiger partial charge is 0.319 e. The molecule has 3 atom stereocenters. The molecule has 1 aromatic heterocycles. The third kappa shape index (κ3) is 6.09. The predicted octanol–water partition coefficient (Wildman–Crippen LogP) is 3.21. The Bertz CT molecular complexity index is 1070. The van der Waals surface area contributed by atoms with E-state index in [9.17, 15) is 14.3 Å². The van der Waals surface area contributed by atoms with Crippen molar-refractivity contribution in [3.63, 3.8) is 0 Å². The van der Waals surface area contributed by atoms with Crippen LogP contribution in [-0.4, -0.2) is 58.1 Å². The molecule has 1 aliphatic rings. The van der Waals surface area contributed by atoms with Gasteiger partial charge in [0.05, 0.1) is 32.1 Å². The van der Waals surface area contributed by atoms with Gasteiger partial charge in [-0.2, -0.15) is 0 Å². The number of aliphatic hydroxyl groups excluding tert-OH is 1. The van der Waals surface area contributed by atoms with Gasteiger partial charge in [-0.25, -0.2) is 9.18 Å². The van der Waals surface area contributed by atoms with Crippen molar-refractivity contribution in [2.45, 2.75) is 44.1 Å². The molecule has 2 aromatic carbocycles. The Balaban J connectivity index is 1.25. The number of nitrogens with one attached hydrogen (secondary N) is 2. The van der Waals surface area contributed by atoms with Crippen molar-refractivity contribution < 1.29 is 23.8 Å². The molecule has 2 amide bonds. The Kier molecular flexibility index (Phi) is 7.71. The average molecular weight is 470 g/mol. The van der Waals surface area contributed by atoms with Crippen LogP contribution in [0.4, 0.5) is 14.9 Å². The number of anilines is 1. The van der Waals surface area contributed by atoms with Crippen LogP contribution in [-0.2, 0) is 11.3 Å². The minimum Gasteiger partial charge on any atom is -0.497 e. The summed E-state index contributed by atoms with van der Waals surface area (Å²) in [4.78, 5) is 12.4. The maximum Gasteiger partial charge on any atom is 0.319 e. The molecule has 10 heteroatoms. The number of amides is 2. The van der Waals surface area contributed by atoms with Gasteiger partial charge in [0.1, 0.15) is 23.4 Å². The van der Waals surface area contributed by atoms with Gasteiger partial charge in [-0.3, -0.25) is 4.68 Å². The lowest BCUT2D eigenvalue weighted by Crippen LogP contribution is -2.52. The Morgan fingerprint density at radius 3 is 2.68 bits per heavy atom. The van der Waals surface area contributed by atoms with Crippen LogP contribution in [0, 0.1) is 5.82 Å². The van der Waals surface area contributed by atoms with E-state index in [0.717, 1.165) is 12.0 Å². The monoisotopic (exact) mass is 469 g/mol. The molecule has 1 fully saturated rings. The lowest BCUT2D eigenvalue weighted by atomic mass is 9.97. The van der Waals surface area contributed by atoms with Crippen LogP contribution in [0.3, 0.4) is 0 Å². The van der Waals surface area contributed by atoms with Gasteiger partial charge in [0.15, 0.2) is 0 Å². The van der Waals surface area contributed by atoms with Crippen molar-refractivity contribution >= 4 is 11.7 Å². The lowest BCUT2D eigenvalue weighted by Gasteiger charge is -2.36. The summed E-state index contributed by atoms with van der Waals surface area (Å²) in [6, 6.07) is 12.5. The second-order valence-electron chi connectivity index (χ2n) is 8.15. The number of nitrogens with zero attached hydrogens (tertiary/aromatic N) is 3. The van der Waals surface area contributed by atoms with Crippen LogP contribution in [0.2, 0.25) is 0 Å². The van der Waals surface area contributed by atoms with Crippen LogP contribution >= 0.6 is 0 Å². The fourth-order valence-electron chi connectivity index (χ4n) is 3.96. The summed E-state index contributed by atoms with van der Waals surface area (Å²) in [7, 11) is 1.58. The topological polar surface area (TPSA) is 111 Å². The molecule has 2 heterocycles. The molecule has 0 spiro atoms. The predicted molar refractivity (Wildman–Crippen MR) is 124 cm³/mol. The van der Waals surface area contributed by atoms with Gasteiger partial charge < -0.3 is 25.2 Å². The number of aromatic nitrogens is 3. The highest BCUT2D eigenvalue weighted by Crippen LogP contribution is 2.23. The average Bonchev–Trinajstić information content (AvgIpc) is 3.33. The van der Waals surface area contributed by atoms with E-state index in [4.69, 9.17) is 9.47 Å². The largest absolute Gasteiger partial charge is 0.497 e. The molecule has 3 aromatic rings. The molecule has 0 bridgehead atoms. The first-order valence-corrected chi connectivity index (χ1v) is 11.2.